The summed E-state index contributed by atoms with van der Waals surface area (Å²) >= 11 is 2.86. The fourth-order valence-electron chi connectivity index (χ4n) is 3.42. The minimum atomic E-state index is -0.0606. The van der Waals surface area contributed by atoms with Gasteiger partial charge in [0.25, 0.3) is 5.56 Å². The Labute approximate surface area is 204 Å². The van der Waals surface area contributed by atoms with Gasteiger partial charge in [-0.15, -0.1) is 11.3 Å². The van der Waals surface area contributed by atoms with Crippen molar-refractivity contribution in [1.82, 2.24) is 19.7 Å². The van der Waals surface area contributed by atoms with E-state index in [2.05, 4.69) is 10.1 Å². The molecule has 0 amide bonds. The van der Waals surface area contributed by atoms with E-state index >= 15 is 0 Å². The molecule has 0 spiro atoms. The number of thiophene rings is 1. The molecule has 0 saturated carbocycles. The van der Waals surface area contributed by atoms with Crippen LogP contribution in [0.1, 0.15) is 19.7 Å². The van der Waals surface area contributed by atoms with Crippen LogP contribution in [0.4, 0.5) is 0 Å². The summed E-state index contributed by atoms with van der Waals surface area (Å²) in [6.07, 6.45) is 0.113. The van der Waals surface area contributed by atoms with Crippen LogP contribution in [-0.2, 0) is 12.8 Å². The van der Waals surface area contributed by atoms with Crippen molar-refractivity contribution in [2.45, 2.75) is 30.9 Å². The molecule has 0 saturated heterocycles. The second kappa shape index (κ2) is 9.44. The lowest BCUT2D eigenvalue weighted by molar-refractivity contribution is 0.242. The number of fused-ring (bicyclic) bond motifs is 1. The van der Waals surface area contributed by atoms with Gasteiger partial charge in [0.05, 0.1) is 17.4 Å². The number of rotatable bonds is 7. The Kier molecular flexibility index (Phi) is 6.21. The Hall–Kier alpha value is -3.43. The van der Waals surface area contributed by atoms with Gasteiger partial charge >= 0.3 is 0 Å². The molecule has 172 valence electrons. The third kappa shape index (κ3) is 4.62. The van der Waals surface area contributed by atoms with E-state index in [0.717, 1.165) is 21.8 Å². The molecule has 3 heterocycles. The predicted octanol–water partition coefficient (Wildman–Crippen LogP) is 5.79. The third-order valence-corrected chi connectivity index (χ3v) is 7.23. The van der Waals surface area contributed by atoms with Crippen LogP contribution in [-0.4, -0.2) is 25.8 Å². The molecule has 0 aliphatic rings. The van der Waals surface area contributed by atoms with Gasteiger partial charge in [-0.25, -0.2) is 4.98 Å². The largest absolute Gasteiger partial charge is 0.491 e. The van der Waals surface area contributed by atoms with E-state index in [9.17, 15) is 4.79 Å². The van der Waals surface area contributed by atoms with Gasteiger partial charge < -0.3 is 9.26 Å². The Bertz CT molecular complexity index is 1490. The normalized spacial score (nSPS) is 11.4. The van der Waals surface area contributed by atoms with Crippen LogP contribution in [0.2, 0.25) is 0 Å². The zero-order chi connectivity index (χ0) is 23.7. The summed E-state index contributed by atoms with van der Waals surface area (Å²) in [5.41, 5.74) is 2.55. The van der Waals surface area contributed by atoms with E-state index in [0.29, 0.717) is 32.8 Å². The lowest BCUT2D eigenvalue weighted by atomic mass is 10.2. The SMILES string of the molecule is CC(C)Oc1ccc(-c2noc(CSc3nc4cc(-c5ccccc5)sc4c(=O)n3C)n2)cc1. The number of benzene rings is 2. The minimum absolute atomic E-state index is 0.0606. The maximum Gasteiger partial charge on any atom is 0.271 e. The molecule has 0 atom stereocenters. The molecule has 5 aromatic rings. The highest BCUT2D eigenvalue weighted by molar-refractivity contribution is 7.98. The topological polar surface area (TPSA) is 83.0 Å². The second-order valence-corrected chi connectivity index (χ2v) is 9.94. The monoisotopic (exact) mass is 490 g/mol. The van der Waals surface area contributed by atoms with E-state index in [1.54, 1.807) is 11.6 Å². The van der Waals surface area contributed by atoms with Gasteiger partial charge in [0.15, 0.2) is 5.16 Å². The summed E-state index contributed by atoms with van der Waals surface area (Å²) in [6, 6.07) is 19.6. The van der Waals surface area contributed by atoms with Crippen molar-refractivity contribution in [3.8, 4) is 27.6 Å². The number of thioether (sulfide) groups is 1. The van der Waals surface area contributed by atoms with Crippen LogP contribution in [0.15, 0.2) is 75.1 Å². The van der Waals surface area contributed by atoms with Crippen LogP contribution >= 0.6 is 23.1 Å². The van der Waals surface area contributed by atoms with Crippen molar-refractivity contribution >= 4 is 33.3 Å². The van der Waals surface area contributed by atoms with Crippen LogP contribution in [0.5, 0.6) is 5.75 Å². The molecule has 0 N–H and O–H groups in total. The van der Waals surface area contributed by atoms with Crippen molar-refractivity contribution in [2.75, 3.05) is 0 Å². The van der Waals surface area contributed by atoms with E-state index < -0.39 is 0 Å². The number of nitrogens with zero attached hydrogens (tertiary/aromatic N) is 4. The smallest absolute Gasteiger partial charge is 0.271 e. The summed E-state index contributed by atoms with van der Waals surface area (Å²) in [7, 11) is 1.74. The molecule has 3 aromatic heterocycles. The first kappa shape index (κ1) is 22.4. The van der Waals surface area contributed by atoms with Gasteiger partial charge in [0, 0.05) is 17.5 Å². The quantitative estimate of drug-likeness (QED) is 0.211. The van der Waals surface area contributed by atoms with Crippen LogP contribution in [0.3, 0.4) is 0 Å². The van der Waals surface area contributed by atoms with Crippen molar-refractivity contribution in [3.05, 3.63) is 76.9 Å². The van der Waals surface area contributed by atoms with E-state index in [1.807, 2.05) is 74.5 Å². The highest BCUT2D eigenvalue weighted by atomic mass is 32.2. The molecule has 7 nitrogen and oxygen atoms in total. The highest BCUT2D eigenvalue weighted by Gasteiger charge is 2.15. The molecule has 0 fully saturated rings. The molecule has 0 aliphatic heterocycles. The summed E-state index contributed by atoms with van der Waals surface area (Å²) < 4.78 is 13.3. The van der Waals surface area contributed by atoms with Crippen molar-refractivity contribution in [1.29, 1.82) is 0 Å². The number of ether oxygens (including phenoxy) is 1. The molecule has 0 aliphatic carbocycles. The summed E-state index contributed by atoms with van der Waals surface area (Å²) in [5.74, 6) is 2.17. The molecule has 2 aromatic carbocycles. The predicted molar refractivity (Wildman–Crippen MR) is 135 cm³/mol. The Balaban J connectivity index is 1.34. The van der Waals surface area contributed by atoms with Crippen LogP contribution in [0, 0.1) is 0 Å². The first-order valence-electron chi connectivity index (χ1n) is 10.8. The molecule has 0 bridgehead atoms. The van der Waals surface area contributed by atoms with Gasteiger partial charge in [-0.2, -0.15) is 4.98 Å². The maximum absolute atomic E-state index is 12.9. The third-order valence-electron chi connectivity index (χ3n) is 5.05. The van der Waals surface area contributed by atoms with Crippen molar-refractivity contribution in [3.63, 3.8) is 0 Å². The second-order valence-electron chi connectivity index (χ2n) is 7.94. The van der Waals surface area contributed by atoms with Gasteiger partial charge in [-0.1, -0.05) is 47.3 Å². The van der Waals surface area contributed by atoms with E-state index in [-0.39, 0.29) is 11.7 Å². The van der Waals surface area contributed by atoms with Crippen molar-refractivity contribution in [2.24, 2.45) is 7.05 Å². The first-order valence-corrected chi connectivity index (χ1v) is 12.6. The molecule has 5 rings (SSSR count). The van der Waals surface area contributed by atoms with Crippen molar-refractivity contribution < 1.29 is 9.26 Å². The average molecular weight is 491 g/mol. The fraction of sp³-hybridized carbons (Fsp3) is 0.200. The fourth-order valence-corrected chi connectivity index (χ4v) is 5.31. The number of aromatic nitrogens is 4. The minimum Gasteiger partial charge on any atom is -0.491 e. The van der Waals surface area contributed by atoms with E-state index in [4.69, 9.17) is 14.2 Å². The first-order chi connectivity index (χ1) is 16.5. The maximum atomic E-state index is 12.9. The summed E-state index contributed by atoms with van der Waals surface area (Å²) in [6.45, 7) is 3.97. The molecule has 0 radical (unpaired) electrons. The van der Waals surface area contributed by atoms with Crippen LogP contribution in [0.25, 0.3) is 32.0 Å². The number of hydrogen-bond donors (Lipinski definition) is 0. The van der Waals surface area contributed by atoms with Gasteiger partial charge in [-0.3, -0.25) is 9.36 Å². The average Bonchev–Trinajstić information content (AvgIpc) is 3.49. The lowest BCUT2D eigenvalue weighted by Crippen LogP contribution is -2.18. The Morgan fingerprint density at radius 1 is 1.06 bits per heavy atom. The van der Waals surface area contributed by atoms with Gasteiger partial charge in [-0.05, 0) is 49.7 Å². The standard InChI is InChI=1S/C25H22N4O3S2/c1-15(2)31-18-11-9-17(10-12-18)23-27-21(32-28-23)14-33-25-26-19-13-20(16-7-5-4-6-8-16)34-22(19)24(30)29(25)3/h4-13,15H,14H2,1-3H3. The van der Waals surface area contributed by atoms with E-state index in [1.165, 1.54) is 23.1 Å². The Morgan fingerprint density at radius 3 is 2.56 bits per heavy atom. The molecule has 34 heavy (non-hydrogen) atoms. The molecule has 0 unspecified atom stereocenters. The summed E-state index contributed by atoms with van der Waals surface area (Å²) in [5, 5.41) is 4.69. The summed E-state index contributed by atoms with van der Waals surface area (Å²) in [4.78, 5) is 23.2. The zero-order valence-electron chi connectivity index (χ0n) is 18.9. The Morgan fingerprint density at radius 2 is 1.82 bits per heavy atom. The van der Waals surface area contributed by atoms with Gasteiger partial charge in [0.1, 0.15) is 10.4 Å². The van der Waals surface area contributed by atoms with Gasteiger partial charge in [0.2, 0.25) is 11.7 Å². The molecular weight excluding hydrogens is 468 g/mol. The number of hydrogen-bond acceptors (Lipinski definition) is 8. The zero-order valence-corrected chi connectivity index (χ0v) is 20.5. The molecular formula is C25H22N4O3S2. The molecule has 9 heteroatoms. The highest BCUT2D eigenvalue weighted by Crippen LogP contribution is 2.32. The van der Waals surface area contributed by atoms with Crippen LogP contribution < -0.4 is 10.3 Å². The lowest BCUT2D eigenvalue weighted by Gasteiger charge is -2.09.